The average Bonchev–Trinajstić information content (AvgIpc) is 2.92. The van der Waals surface area contributed by atoms with Crippen LogP contribution in [-0.2, 0) is 20.9 Å². The van der Waals surface area contributed by atoms with Gasteiger partial charge in [0.15, 0.2) is 0 Å². The monoisotopic (exact) mass is 363 g/mol. The molecule has 0 unspecified atom stereocenters. The zero-order chi connectivity index (χ0) is 18.8. The summed E-state index contributed by atoms with van der Waals surface area (Å²) in [6.45, 7) is 1.18. The first-order valence-corrected chi connectivity index (χ1v) is 8.07. The first kappa shape index (κ1) is 17.9. The van der Waals surface area contributed by atoms with Crippen molar-refractivity contribution in [1.29, 1.82) is 0 Å². The largest absolute Gasteiger partial charge is 0.480 e. The van der Waals surface area contributed by atoms with Gasteiger partial charge in [-0.3, -0.25) is 19.3 Å². The summed E-state index contributed by atoms with van der Waals surface area (Å²) in [5.41, 5.74) is 0.744. The molecular formula is C17H18FN3O5. The van der Waals surface area contributed by atoms with Gasteiger partial charge in [0.1, 0.15) is 18.4 Å². The fraction of sp³-hybridized carbons (Fsp3) is 0.353. The lowest BCUT2D eigenvalue weighted by atomic mass is 10.0. The molecule has 8 nitrogen and oxygen atoms in total. The van der Waals surface area contributed by atoms with Crippen molar-refractivity contribution in [3.05, 3.63) is 35.8 Å². The zero-order valence-corrected chi connectivity index (χ0v) is 13.8. The fourth-order valence-corrected chi connectivity index (χ4v) is 3.37. The molecule has 0 spiro atoms. The van der Waals surface area contributed by atoms with Crippen molar-refractivity contribution >= 4 is 29.3 Å². The Morgan fingerprint density at radius 3 is 2.46 bits per heavy atom. The number of carboxylic acids is 2. The maximum absolute atomic E-state index is 13.6. The van der Waals surface area contributed by atoms with Crippen LogP contribution in [0.5, 0.6) is 0 Å². The molecule has 1 aliphatic rings. The first-order valence-electron chi connectivity index (χ1n) is 8.07. The quantitative estimate of drug-likeness (QED) is 0.735. The number of halogens is 1. The van der Waals surface area contributed by atoms with E-state index in [0.29, 0.717) is 42.6 Å². The Bertz CT molecular complexity index is 857. The average molecular weight is 363 g/mol. The summed E-state index contributed by atoms with van der Waals surface area (Å²) < 4.78 is 15.0. The van der Waals surface area contributed by atoms with Crippen molar-refractivity contribution in [2.45, 2.75) is 12.6 Å². The highest BCUT2D eigenvalue weighted by atomic mass is 19.1. The van der Waals surface area contributed by atoms with E-state index in [-0.39, 0.29) is 0 Å². The van der Waals surface area contributed by atoms with Crippen LogP contribution in [0.3, 0.4) is 0 Å². The van der Waals surface area contributed by atoms with Crippen LogP contribution >= 0.6 is 0 Å². The second kappa shape index (κ2) is 7.12. The SMILES string of the molecule is O=CN1CCN([C@H](C(=O)O)c2cn(CC(=O)O)c3cc(F)ccc23)CC1. The van der Waals surface area contributed by atoms with Gasteiger partial charge in [-0.1, -0.05) is 0 Å². The number of carbonyl (C=O) groups excluding carboxylic acids is 1. The topological polar surface area (TPSA) is 103 Å². The van der Waals surface area contributed by atoms with Gasteiger partial charge in [-0.15, -0.1) is 0 Å². The number of hydrogen-bond acceptors (Lipinski definition) is 4. The third-order valence-corrected chi connectivity index (χ3v) is 4.57. The van der Waals surface area contributed by atoms with E-state index >= 15 is 0 Å². The Morgan fingerprint density at radius 1 is 1.19 bits per heavy atom. The Hall–Kier alpha value is -2.94. The van der Waals surface area contributed by atoms with E-state index in [4.69, 9.17) is 5.11 Å². The van der Waals surface area contributed by atoms with Crippen molar-refractivity contribution in [2.75, 3.05) is 26.2 Å². The van der Waals surface area contributed by atoms with Gasteiger partial charge in [0.05, 0.1) is 5.52 Å². The van der Waals surface area contributed by atoms with Gasteiger partial charge in [-0.25, -0.2) is 4.39 Å². The molecule has 2 N–H and O–H groups in total. The van der Waals surface area contributed by atoms with Crippen molar-refractivity contribution in [1.82, 2.24) is 14.4 Å². The molecular weight excluding hydrogens is 345 g/mol. The van der Waals surface area contributed by atoms with E-state index in [1.807, 2.05) is 0 Å². The lowest BCUT2D eigenvalue weighted by Crippen LogP contribution is -2.48. The highest BCUT2D eigenvalue weighted by molar-refractivity contribution is 5.90. The number of carboxylic acid groups (broad SMARTS) is 2. The lowest BCUT2D eigenvalue weighted by Gasteiger charge is -2.36. The zero-order valence-electron chi connectivity index (χ0n) is 13.8. The summed E-state index contributed by atoms with van der Waals surface area (Å²) in [7, 11) is 0. The van der Waals surface area contributed by atoms with Gasteiger partial charge in [0.2, 0.25) is 6.41 Å². The van der Waals surface area contributed by atoms with E-state index in [0.717, 1.165) is 6.41 Å². The van der Waals surface area contributed by atoms with Crippen molar-refractivity contribution in [3.8, 4) is 0 Å². The first-order chi connectivity index (χ1) is 12.4. The molecule has 1 fully saturated rings. The van der Waals surface area contributed by atoms with E-state index in [1.54, 1.807) is 9.80 Å². The van der Waals surface area contributed by atoms with Crippen molar-refractivity contribution in [3.63, 3.8) is 0 Å². The molecule has 1 aromatic heterocycles. The number of piperazine rings is 1. The highest BCUT2D eigenvalue weighted by Crippen LogP contribution is 2.31. The fourth-order valence-electron chi connectivity index (χ4n) is 3.37. The number of hydrogen-bond donors (Lipinski definition) is 2. The normalized spacial score (nSPS) is 16.6. The van der Waals surface area contributed by atoms with Crippen LogP contribution in [0.25, 0.3) is 10.9 Å². The van der Waals surface area contributed by atoms with Gasteiger partial charge in [0, 0.05) is 43.3 Å². The minimum absolute atomic E-state index is 0.333. The van der Waals surface area contributed by atoms with Crippen LogP contribution in [0.15, 0.2) is 24.4 Å². The molecule has 1 saturated heterocycles. The molecule has 2 heterocycles. The van der Waals surface area contributed by atoms with Crippen molar-refractivity contribution < 1.29 is 29.0 Å². The number of carbonyl (C=O) groups is 3. The number of aromatic nitrogens is 1. The molecule has 0 saturated carbocycles. The number of benzene rings is 1. The number of fused-ring (bicyclic) bond motifs is 1. The van der Waals surface area contributed by atoms with Gasteiger partial charge in [-0.05, 0) is 18.2 Å². The molecule has 0 radical (unpaired) electrons. The van der Waals surface area contributed by atoms with E-state index < -0.39 is 30.3 Å². The van der Waals surface area contributed by atoms with Crippen LogP contribution in [0, 0.1) is 5.82 Å². The van der Waals surface area contributed by atoms with Crippen molar-refractivity contribution in [2.24, 2.45) is 0 Å². The molecule has 9 heteroatoms. The highest BCUT2D eigenvalue weighted by Gasteiger charge is 2.32. The predicted octanol–water partition coefficient (Wildman–Crippen LogP) is 0.765. The molecule has 0 aliphatic carbocycles. The summed E-state index contributed by atoms with van der Waals surface area (Å²) >= 11 is 0. The van der Waals surface area contributed by atoms with Gasteiger partial charge in [-0.2, -0.15) is 0 Å². The molecule has 2 aromatic rings. The molecule has 1 atom stereocenters. The molecule has 1 aliphatic heterocycles. The van der Waals surface area contributed by atoms with Crippen LogP contribution in [-0.4, -0.2) is 69.1 Å². The Morgan fingerprint density at radius 2 is 1.88 bits per heavy atom. The third kappa shape index (κ3) is 3.38. The van der Waals surface area contributed by atoms with Crippen LogP contribution in [0.1, 0.15) is 11.6 Å². The van der Waals surface area contributed by atoms with Crippen LogP contribution < -0.4 is 0 Å². The minimum Gasteiger partial charge on any atom is -0.480 e. The standard InChI is InChI=1S/C17H18FN3O5/c18-11-1-2-12-13(8-21(9-15(23)24)14(12)7-11)16(17(25)26)20-5-3-19(10-22)4-6-20/h1-2,7-8,10,16H,3-6,9H2,(H,23,24)(H,25,26)/t16-/m0/s1. The summed E-state index contributed by atoms with van der Waals surface area (Å²) in [6, 6.07) is 2.88. The number of aliphatic carboxylic acids is 2. The van der Waals surface area contributed by atoms with Gasteiger partial charge in [0.25, 0.3) is 0 Å². The molecule has 1 amide bonds. The summed E-state index contributed by atoms with van der Waals surface area (Å²) in [5, 5.41) is 19.4. The Balaban J connectivity index is 2.04. The number of rotatable bonds is 6. The predicted molar refractivity (Wildman–Crippen MR) is 89.1 cm³/mol. The van der Waals surface area contributed by atoms with Gasteiger partial charge >= 0.3 is 11.9 Å². The minimum atomic E-state index is -1.11. The molecule has 138 valence electrons. The van der Waals surface area contributed by atoms with E-state index in [2.05, 4.69) is 0 Å². The molecule has 26 heavy (non-hydrogen) atoms. The van der Waals surface area contributed by atoms with E-state index in [1.165, 1.54) is 29.0 Å². The smallest absolute Gasteiger partial charge is 0.325 e. The maximum Gasteiger partial charge on any atom is 0.325 e. The van der Waals surface area contributed by atoms with E-state index in [9.17, 15) is 23.9 Å². The Labute approximate surface area is 148 Å². The number of nitrogens with zero attached hydrogens (tertiary/aromatic N) is 3. The third-order valence-electron chi connectivity index (χ3n) is 4.57. The second-order valence-electron chi connectivity index (χ2n) is 6.19. The Kier molecular flexibility index (Phi) is 4.90. The van der Waals surface area contributed by atoms with Crippen LogP contribution in [0.2, 0.25) is 0 Å². The lowest BCUT2D eigenvalue weighted by molar-refractivity contribution is -0.144. The number of amides is 1. The summed E-state index contributed by atoms with van der Waals surface area (Å²) in [6.07, 6.45) is 2.19. The second-order valence-corrected chi connectivity index (χ2v) is 6.19. The molecule has 0 bridgehead atoms. The molecule has 1 aromatic carbocycles. The summed E-state index contributed by atoms with van der Waals surface area (Å²) in [4.78, 5) is 37.2. The summed E-state index contributed by atoms with van der Waals surface area (Å²) in [5.74, 6) is -2.72. The van der Waals surface area contributed by atoms with Crippen LogP contribution in [0.4, 0.5) is 4.39 Å². The van der Waals surface area contributed by atoms with Gasteiger partial charge < -0.3 is 19.7 Å². The maximum atomic E-state index is 13.6. The molecule has 3 rings (SSSR count).